The second-order valence-corrected chi connectivity index (χ2v) is 5.90. The number of hydrogen-bond donors (Lipinski definition) is 2. The van der Waals surface area contributed by atoms with Crippen molar-refractivity contribution in [2.24, 2.45) is 0 Å². The Labute approximate surface area is 136 Å². The number of nitrogens with one attached hydrogen (secondary N) is 1. The summed E-state index contributed by atoms with van der Waals surface area (Å²) in [7, 11) is 0. The summed E-state index contributed by atoms with van der Waals surface area (Å²) in [6.07, 6.45) is 3.39. The topological polar surface area (TPSA) is 58.6 Å². The number of fused-ring (bicyclic) bond motifs is 1. The number of aromatic hydroxyl groups is 1. The van der Waals surface area contributed by atoms with Gasteiger partial charge in [0.2, 0.25) is 0 Å². The molecule has 4 heteroatoms. The van der Waals surface area contributed by atoms with Crippen molar-refractivity contribution >= 4 is 11.6 Å². The first-order valence-electron chi connectivity index (χ1n) is 8.04. The van der Waals surface area contributed by atoms with Gasteiger partial charge in [-0.3, -0.25) is 4.79 Å². The van der Waals surface area contributed by atoms with Crippen LogP contribution in [0.1, 0.15) is 30.9 Å². The molecule has 3 rings (SSSR count). The summed E-state index contributed by atoms with van der Waals surface area (Å²) in [5.41, 5.74) is 2.98. The Kier molecular flexibility index (Phi) is 4.51. The molecule has 1 atom stereocenters. The summed E-state index contributed by atoms with van der Waals surface area (Å²) in [5.74, 6) is 0.478. The first kappa shape index (κ1) is 15.4. The number of benzene rings is 2. The molecular formula is C19H21NO3. The van der Waals surface area contributed by atoms with Gasteiger partial charge in [-0.05, 0) is 36.1 Å². The maximum Gasteiger partial charge on any atom is 0.265 e. The van der Waals surface area contributed by atoms with Crippen molar-refractivity contribution in [2.75, 3.05) is 5.32 Å². The van der Waals surface area contributed by atoms with Crippen LogP contribution in [0.15, 0.2) is 42.5 Å². The predicted molar refractivity (Wildman–Crippen MR) is 89.9 cm³/mol. The van der Waals surface area contributed by atoms with Crippen molar-refractivity contribution in [2.45, 2.75) is 38.7 Å². The molecule has 0 aliphatic carbocycles. The Morgan fingerprint density at radius 3 is 2.61 bits per heavy atom. The van der Waals surface area contributed by atoms with Gasteiger partial charge in [-0.1, -0.05) is 37.6 Å². The van der Waals surface area contributed by atoms with E-state index in [1.54, 1.807) is 6.07 Å². The number of phenols is 1. The van der Waals surface area contributed by atoms with Gasteiger partial charge in [-0.15, -0.1) is 0 Å². The molecule has 0 fully saturated rings. The van der Waals surface area contributed by atoms with E-state index in [1.165, 1.54) is 30.5 Å². The lowest BCUT2D eigenvalue weighted by molar-refractivity contribution is -0.123. The van der Waals surface area contributed by atoms with Crippen LogP contribution in [0.2, 0.25) is 0 Å². The van der Waals surface area contributed by atoms with E-state index in [2.05, 4.69) is 36.5 Å². The van der Waals surface area contributed by atoms with E-state index in [4.69, 9.17) is 4.74 Å². The quantitative estimate of drug-likeness (QED) is 0.828. The van der Waals surface area contributed by atoms with Gasteiger partial charge in [0.25, 0.3) is 5.91 Å². The second kappa shape index (κ2) is 6.73. The summed E-state index contributed by atoms with van der Waals surface area (Å²) in [4.78, 5) is 12.2. The number of rotatable bonds is 5. The minimum atomic E-state index is -0.578. The molecule has 2 aromatic rings. The normalized spacial score (nSPS) is 16.4. The van der Waals surface area contributed by atoms with Crippen molar-refractivity contribution < 1.29 is 14.6 Å². The zero-order valence-corrected chi connectivity index (χ0v) is 13.2. The molecule has 1 aliphatic rings. The maximum absolute atomic E-state index is 12.2. The number of amides is 1. The van der Waals surface area contributed by atoms with Crippen molar-refractivity contribution in [3.63, 3.8) is 0 Å². The molecule has 0 spiro atoms. The van der Waals surface area contributed by atoms with Gasteiger partial charge < -0.3 is 15.2 Å². The van der Waals surface area contributed by atoms with E-state index < -0.39 is 6.10 Å². The Morgan fingerprint density at radius 2 is 1.87 bits per heavy atom. The van der Waals surface area contributed by atoms with Crippen LogP contribution in [0.3, 0.4) is 0 Å². The lowest BCUT2D eigenvalue weighted by Gasteiger charge is -2.26. The number of anilines is 1. The molecule has 0 saturated carbocycles. The van der Waals surface area contributed by atoms with Crippen LogP contribution in [-0.4, -0.2) is 17.1 Å². The Balaban J connectivity index is 1.69. The molecule has 0 bridgehead atoms. The van der Waals surface area contributed by atoms with Gasteiger partial charge in [0.05, 0.1) is 5.69 Å². The van der Waals surface area contributed by atoms with Crippen LogP contribution >= 0.6 is 0 Å². The first-order chi connectivity index (χ1) is 11.2. The van der Waals surface area contributed by atoms with Crippen molar-refractivity contribution in [1.82, 2.24) is 0 Å². The minimum Gasteiger partial charge on any atom is -0.508 e. The van der Waals surface area contributed by atoms with Crippen LogP contribution in [0, 0.1) is 0 Å². The largest absolute Gasteiger partial charge is 0.508 e. The summed E-state index contributed by atoms with van der Waals surface area (Å²) < 4.78 is 5.75. The lowest BCUT2D eigenvalue weighted by atomic mass is 10.0. The van der Waals surface area contributed by atoms with Crippen LogP contribution in [-0.2, 0) is 17.6 Å². The molecule has 0 aromatic heterocycles. The van der Waals surface area contributed by atoms with Gasteiger partial charge >= 0.3 is 0 Å². The highest BCUT2D eigenvalue weighted by Crippen LogP contribution is 2.33. The highest BCUT2D eigenvalue weighted by atomic mass is 16.5. The minimum absolute atomic E-state index is 0.124. The molecule has 1 unspecified atom stereocenters. The standard InChI is InChI=1S/C19H21NO3/c1-2-3-4-13-5-7-14(8-6-13)11-18-19(22)20-16-10-9-15(21)12-17(16)23-18/h5-10,12,18,21H,2-4,11H2,1H3,(H,20,22). The van der Waals surface area contributed by atoms with E-state index in [-0.39, 0.29) is 11.7 Å². The molecule has 23 heavy (non-hydrogen) atoms. The van der Waals surface area contributed by atoms with Gasteiger partial charge in [0.15, 0.2) is 6.10 Å². The highest BCUT2D eigenvalue weighted by Gasteiger charge is 2.27. The summed E-state index contributed by atoms with van der Waals surface area (Å²) >= 11 is 0. The van der Waals surface area contributed by atoms with Crippen LogP contribution in [0.5, 0.6) is 11.5 Å². The number of carbonyl (C=O) groups is 1. The number of carbonyl (C=O) groups excluding carboxylic acids is 1. The van der Waals surface area contributed by atoms with Crippen LogP contribution in [0.25, 0.3) is 0 Å². The van der Waals surface area contributed by atoms with Crippen LogP contribution < -0.4 is 10.1 Å². The SMILES string of the molecule is CCCCc1ccc(CC2Oc3cc(O)ccc3NC2=O)cc1. The van der Waals surface area contributed by atoms with Crippen molar-refractivity contribution in [3.05, 3.63) is 53.6 Å². The Morgan fingerprint density at radius 1 is 1.13 bits per heavy atom. The first-order valence-corrected chi connectivity index (χ1v) is 8.04. The average molecular weight is 311 g/mol. The lowest BCUT2D eigenvalue weighted by Crippen LogP contribution is -2.38. The number of hydrogen-bond acceptors (Lipinski definition) is 3. The fourth-order valence-electron chi connectivity index (χ4n) is 2.70. The fourth-order valence-corrected chi connectivity index (χ4v) is 2.70. The monoisotopic (exact) mass is 311 g/mol. The average Bonchev–Trinajstić information content (AvgIpc) is 2.55. The van der Waals surface area contributed by atoms with E-state index in [1.807, 2.05) is 0 Å². The third-order valence-electron chi connectivity index (χ3n) is 4.05. The van der Waals surface area contributed by atoms with Gasteiger partial charge in [0, 0.05) is 12.5 Å². The van der Waals surface area contributed by atoms with Crippen molar-refractivity contribution in [1.29, 1.82) is 0 Å². The smallest absolute Gasteiger partial charge is 0.265 e. The Hall–Kier alpha value is -2.49. The Bertz CT molecular complexity index is 694. The van der Waals surface area contributed by atoms with E-state index in [0.717, 1.165) is 12.0 Å². The zero-order valence-electron chi connectivity index (χ0n) is 13.2. The molecule has 1 aliphatic heterocycles. The molecule has 1 amide bonds. The molecule has 1 heterocycles. The number of unbranched alkanes of at least 4 members (excludes halogenated alkanes) is 1. The number of phenolic OH excluding ortho intramolecular Hbond substituents is 1. The van der Waals surface area contributed by atoms with Gasteiger partial charge in [-0.2, -0.15) is 0 Å². The van der Waals surface area contributed by atoms with Crippen molar-refractivity contribution in [3.8, 4) is 11.5 Å². The summed E-state index contributed by atoms with van der Waals surface area (Å²) in [6, 6.07) is 13.0. The van der Waals surface area contributed by atoms with E-state index in [9.17, 15) is 9.90 Å². The second-order valence-electron chi connectivity index (χ2n) is 5.90. The van der Waals surface area contributed by atoms with Gasteiger partial charge in [-0.25, -0.2) is 0 Å². The molecular weight excluding hydrogens is 290 g/mol. The zero-order chi connectivity index (χ0) is 16.2. The van der Waals surface area contributed by atoms with Crippen LogP contribution in [0.4, 0.5) is 5.69 Å². The molecule has 0 radical (unpaired) electrons. The van der Waals surface area contributed by atoms with E-state index >= 15 is 0 Å². The third-order valence-corrected chi connectivity index (χ3v) is 4.05. The summed E-state index contributed by atoms with van der Waals surface area (Å²) in [5, 5.41) is 12.4. The van der Waals surface area contributed by atoms with Gasteiger partial charge in [0.1, 0.15) is 11.5 Å². The maximum atomic E-state index is 12.2. The molecule has 2 aromatic carbocycles. The van der Waals surface area contributed by atoms with E-state index in [0.29, 0.717) is 17.9 Å². The third kappa shape index (κ3) is 3.65. The highest BCUT2D eigenvalue weighted by molar-refractivity contribution is 5.98. The fraction of sp³-hybridized carbons (Fsp3) is 0.316. The molecule has 120 valence electrons. The molecule has 0 saturated heterocycles. The predicted octanol–water partition coefficient (Wildman–Crippen LogP) is 3.68. The number of ether oxygens (including phenoxy) is 1. The molecule has 2 N–H and O–H groups in total. The molecule has 4 nitrogen and oxygen atoms in total. The number of aryl methyl sites for hydroxylation is 1. The summed E-state index contributed by atoms with van der Waals surface area (Å²) in [6.45, 7) is 2.18.